The Balaban J connectivity index is 1.80. The number of fused-ring (bicyclic) bond motifs is 1. The average molecular weight is 470 g/mol. The average Bonchev–Trinajstić information content (AvgIpc) is 3.13. The van der Waals surface area contributed by atoms with Crippen molar-refractivity contribution in [1.82, 2.24) is 19.5 Å². The molecule has 1 aliphatic rings. The second kappa shape index (κ2) is 8.23. The molecule has 1 aliphatic heterocycles. The third-order valence-corrected chi connectivity index (χ3v) is 6.03. The van der Waals surface area contributed by atoms with E-state index < -0.39 is 54.0 Å². The fourth-order valence-electron chi connectivity index (χ4n) is 2.54. The number of hydrogen-bond donors (Lipinski definition) is 5. The molecule has 3 heterocycles. The number of phosphoric acid groups is 1. The number of hydrogen-bond acceptors (Lipinski definition) is 12. The summed E-state index contributed by atoms with van der Waals surface area (Å²) in [6.45, 7) is -0.505. The van der Waals surface area contributed by atoms with E-state index >= 15 is 0 Å². The molecule has 0 spiro atoms. The van der Waals surface area contributed by atoms with Crippen LogP contribution >= 0.6 is 27.1 Å². The molecule has 1 saturated heterocycles. The van der Waals surface area contributed by atoms with Gasteiger partial charge in [-0.2, -0.15) is 0 Å². The molecule has 0 radical (unpaired) electrons. The second-order valence-electron chi connectivity index (χ2n) is 5.56. The molecule has 14 nitrogen and oxygen atoms in total. The van der Waals surface area contributed by atoms with Crippen molar-refractivity contribution < 1.29 is 42.7 Å². The van der Waals surface area contributed by atoms with Crippen molar-refractivity contribution in [3.05, 3.63) is 6.33 Å². The number of nitrogens with two attached hydrogens (primary N) is 1. The summed E-state index contributed by atoms with van der Waals surface area (Å²) in [4.78, 5) is 30.1. The molecule has 1 fully saturated rings. The first-order chi connectivity index (χ1) is 13.4. The number of aromatic nitrogens is 4. The second-order valence-corrected chi connectivity index (χ2v) is 8.67. The van der Waals surface area contributed by atoms with Crippen molar-refractivity contribution in [3.8, 4) is 0 Å². The van der Waals surface area contributed by atoms with Crippen LogP contribution in [-0.2, 0) is 22.7 Å². The van der Waals surface area contributed by atoms with Crippen LogP contribution in [0.4, 0.5) is 5.82 Å². The predicted octanol–water partition coefficient (Wildman–Crippen LogP) is -1.65. The topological polar surface area (TPSA) is 212 Å². The minimum atomic E-state index is -4.99. The van der Waals surface area contributed by atoms with E-state index in [1.807, 2.05) is 0 Å². The molecule has 6 N–H and O–H groups in total. The molecular formula is C11H19BN5O9P2S-. The SMILES string of the molecule is [BH3-][P@@](=O)(OC[C@H]1OC(n2cnc3c(N)nc(SC)nc32)[C@@H](O)[C@H]1O)OP(=O)(O)O. The van der Waals surface area contributed by atoms with Crippen LogP contribution in [0.15, 0.2) is 11.5 Å². The largest absolute Gasteiger partial charge is 0.474 e. The van der Waals surface area contributed by atoms with Crippen LogP contribution in [0.25, 0.3) is 11.2 Å². The Bertz CT molecular complexity index is 1000. The van der Waals surface area contributed by atoms with Gasteiger partial charge in [-0.1, -0.05) is 11.8 Å². The Morgan fingerprint density at radius 3 is 2.66 bits per heavy atom. The summed E-state index contributed by atoms with van der Waals surface area (Å²) in [5.41, 5.74) is 6.44. The van der Waals surface area contributed by atoms with Gasteiger partial charge in [-0.25, -0.2) is 23.8 Å². The summed E-state index contributed by atoms with van der Waals surface area (Å²) in [5.74, 6) is 0.140. The van der Waals surface area contributed by atoms with E-state index in [4.69, 9.17) is 24.8 Å². The van der Waals surface area contributed by atoms with E-state index in [1.54, 1.807) is 6.26 Å². The van der Waals surface area contributed by atoms with E-state index in [9.17, 15) is 19.3 Å². The van der Waals surface area contributed by atoms with E-state index in [-0.39, 0.29) is 17.0 Å². The van der Waals surface area contributed by atoms with Gasteiger partial charge in [-0.15, -0.1) is 0 Å². The first kappa shape index (κ1) is 22.6. The minimum Gasteiger partial charge on any atom is -0.387 e. The van der Waals surface area contributed by atoms with Crippen LogP contribution in [-0.4, -0.2) is 78.3 Å². The third-order valence-electron chi connectivity index (χ3n) is 3.74. The van der Waals surface area contributed by atoms with Gasteiger partial charge in [0.05, 0.1) is 20.5 Å². The zero-order valence-electron chi connectivity index (χ0n) is 14.1. The van der Waals surface area contributed by atoms with E-state index in [0.29, 0.717) is 5.16 Å². The maximum Gasteiger partial charge on any atom is 0.474 e. The molecule has 5 atom stereocenters. The van der Waals surface area contributed by atoms with Crippen molar-refractivity contribution in [2.45, 2.75) is 29.7 Å². The molecule has 0 saturated carbocycles. The number of nitrogens with zero attached hydrogens (tertiary/aromatic N) is 4. The van der Waals surface area contributed by atoms with E-state index in [1.165, 1.54) is 22.7 Å². The van der Waals surface area contributed by atoms with Gasteiger partial charge in [0.2, 0.25) is 0 Å². The highest BCUT2D eigenvalue weighted by atomic mass is 32.2. The molecule has 0 aliphatic carbocycles. The van der Waals surface area contributed by atoms with Crippen LogP contribution in [0.5, 0.6) is 0 Å². The number of imidazole rings is 1. The summed E-state index contributed by atoms with van der Waals surface area (Å²) in [6.07, 6.45) is -2.03. The number of rotatable bonds is 7. The highest BCUT2D eigenvalue weighted by molar-refractivity contribution is 7.98. The lowest BCUT2D eigenvalue weighted by Gasteiger charge is -2.22. The standard InChI is InChI=1S/C11H19BN5O9P2S/c1-29-11-15-8(13)5-9(16-11)17(3-14-5)10-7(19)6(18)4(25-10)2-24-27(12,20)26-28(21,22)23/h3-4,6-7,10,18-19H,2H2,1,12H3,(H2,13,15,16)(H2,21,22,23)/q-1/t4-,6+,7+,10?,27-/m1/s1. The number of thioether (sulfide) groups is 1. The smallest absolute Gasteiger partial charge is 0.387 e. The molecule has 2 aromatic rings. The lowest BCUT2D eigenvalue weighted by molar-refractivity contribution is -0.0479. The van der Waals surface area contributed by atoms with Crippen LogP contribution in [0.2, 0.25) is 0 Å². The maximum atomic E-state index is 12.1. The monoisotopic (exact) mass is 470 g/mol. The summed E-state index contributed by atoms with van der Waals surface area (Å²) >= 11 is 1.25. The lowest BCUT2D eigenvalue weighted by Crippen LogP contribution is -2.33. The molecule has 18 heteroatoms. The van der Waals surface area contributed by atoms with Crippen molar-refractivity contribution in [1.29, 1.82) is 0 Å². The Morgan fingerprint density at radius 2 is 2.03 bits per heavy atom. The Labute approximate surface area is 168 Å². The Hall–Kier alpha value is -1.06. The number of anilines is 1. The maximum absolute atomic E-state index is 12.1. The van der Waals surface area contributed by atoms with Gasteiger partial charge in [-0.3, -0.25) is 4.57 Å². The van der Waals surface area contributed by atoms with Crippen LogP contribution in [0.1, 0.15) is 6.23 Å². The van der Waals surface area contributed by atoms with Gasteiger partial charge in [0.15, 0.2) is 30.3 Å². The minimum absolute atomic E-state index is 0.140. The number of nitrogen functional groups attached to an aromatic ring is 1. The van der Waals surface area contributed by atoms with Gasteiger partial charge in [0.1, 0.15) is 23.8 Å². The summed E-state index contributed by atoms with van der Waals surface area (Å²) in [6, 6.07) is 0. The van der Waals surface area contributed by atoms with Gasteiger partial charge in [0.25, 0.3) is 0 Å². The highest BCUT2D eigenvalue weighted by Gasteiger charge is 2.45. The lowest BCUT2D eigenvalue weighted by atomic mass is 10.1. The van der Waals surface area contributed by atoms with Crippen molar-refractivity contribution >= 4 is 51.6 Å². The normalized spacial score (nSPS) is 27.4. The van der Waals surface area contributed by atoms with Crippen molar-refractivity contribution in [3.63, 3.8) is 0 Å². The molecule has 0 aromatic carbocycles. The molecule has 1 unspecified atom stereocenters. The van der Waals surface area contributed by atoms with E-state index in [0.717, 1.165) is 0 Å². The predicted molar refractivity (Wildman–Crippen MR) is 104 cm³/mol. The zero-order valence-corrected chi connectivity index (χ0v) is 16.7. The highest BCUT2D eigenvalue weighted by Crippen LogP contribution is 2.57. The Kier molecular flexibility index (Phi) is 6.42. The molecule has 2 aromatic heterocycles. The third kappa shape index (κ3) is 4.99. The van der Waals surface area contributed by atoms with Gasteiger partial charge >= 0.3 is 7.82 Å². The van der Waals surface area contributed by atoms with Gasteiger partial charge in [-0.05, 0) is 6.26 Å². The fourth-order valence-corrected chi connectivity index (χ4v) is 4.06. The van der Waals surface area contributed by atoms with Crippen LogP contribution < -0.4 is 5.73 Å². The quantitative estimate of drug-likeness (QED) is 0.133. The van der Waals surface area contributed by atoms with Gasteiger partial charge in [0, 0.05) is 0 Å². The first-order valence-electron chi connectivity index (χ1n) is 7.51. The Morgan fingerprint density at radius 1 is 1.34 bits per heavy atom. The molecule has 3 rings (SSSR count). The number of ether oxygens (including phenoxy) is 1. The molecular weight excluding hydrogens is 451 g/mol. The van der Waals surface area contributed by atoms with Crippen LogP contribution in [0.3, 0.4) is 0 Å². The number of aliphatic hydroxyl groups is 2. The zero-order chi connectivity index (χ0) is 21.6. The molecule has 0 bridgehead atoms. The van der Waals surface area contributed by atoms with Crippen molar-refractivity contribution in [2.75, 3.05) is 18.6 Å². The summed E-state index contributed by atoms with van der Waals surface area (Å²) in [7, 11) is -10.1. The molecule has 162 valence electrons. The van der Waals surface area contributed by atoms with Gasteiger partial charge < -0.3 is 39.6 Å². The summed E-state index contributed by atoms with van der Waals surface area (Å²) in [5, 5.41) is 21.0. The first-order valence-corrected chi connectivity index (χ1v) is 11.4. The molecule has 0 amide bonds. The fraction of sp³-hybridized carbons (Fsp3) is 0.545. The van der Waals surface area contributed by atoms with Crippen LogP contribution in [0, 0.1) is 0 Å². The number of aliphatic hydroxyl groups excluding tert-OH is 2. The summed E-state index contributed by atoms with van der Waals surface area (Å²) < 4.78 is 39.2. The van der Waals surface area contributed by atoms with Crippen molar-refractivity contribution in [2.24, 2.45) is 0 Å². The van der Waals surface area contributed by atoms with E-state index in [2.05, 4.69) is 19.3 Å². The molecule has 29 heavy (non-hydrogen) atoms.